The molecular weight excluding hydrogens is 218 g/mol. The molecule has 2 rings (SSSR count). The third-order valence-electron chi connectivity index (χ3n) is 3.47. The predicted molar refractivity (Wildman–Crippen MR) is 64.5 cm³/mol. The lowest BCUT2D eigenvalue weighted by molar-refractivity contribution is -0.138. The Bertz CT molecular complexity index is 271. The molecular formula is C12H21N3O2. The summed E-state index contributed by atoms with van der Waals surface area (Å²) in [5.74, 6) is 0.0225. The minimum Gasteiger partial charge on any atom is -0.314 e. The summed E-state index contributed by atoms with van der Waals surface area (Å²) in [6, 6.07) is 0. The summed E-state index contributed by atoms with van der Waals surface area (Å²) in [5.41, 5.74) is 0. The fourth-order valence-electron chi connectivity index (χ4n) is 2.41. The summed E-state index contributed by atoms with van der Waals surface area (Å²) in [5, 5.41) is 3.32. The van der Waals surface area contributed by atoms with Gasteiger partial charge in [0.1, 0.15) is 0 Å². The number of nitrogens with zero attached hydrogens (tertiary/aromatic N) is 2. The Morgan fingerprint density at radius 1 is 0.941 bits per heavy atom. The molecule has 0 radical (unpaired) electrons. The van der Waals surface area contributed by atoms with Gasteiger partial charge < -0.3 is 10.2 Å². The molecule has 0 aromatic heterocycles. The van der Waals surface area contributed by atoms with Gasteiger partial charge in [-0.25, -0.2) is 0 Å². The largest absolute Gasteiger partial charge is 0.314 e. The van der Waals surface area contributed by atoms with Gasteiger partial charge in [0.2, 0.25) is 11.8 Å². The lowest BCUT2D eigenvalue weighted by Crippen LogP contribution is -2.43. The maximum atomic E-state index is 11.4. The molecule has 2 aliphatic rings. The van der Waals surface area contributed by atoms with Gasteiger partial charge in [0.15, 0.2) is 0 Å². The fraction of sp³-hybridized carbons (Fsp3) is 0.833. The number of piperazine rings is 1. The molecule has 0 saturated carbocycles. The second kappa shape index (κ2) is 6.12. The molecule has 2 aliphatic heterocycles. The third-order valence-corrected chi connectivity index (χ3v) is 3.47. The van der Waals surface area contributed by atoms with E-state index >= 15 is 0 Å². The fourth-order valence-corrected chi connectivity index (χ4v) is 2.41. The highest BCUT2D eigenvalue weighted by Gasteiger charge is 2.27. The van der Waals surface area contributed by atoms with Crippen LogP contribution in [0.3, 0.4) is 0 Å². The van der Waals surface area contributed by atoms with Crippen molar-refractivity contribution < 1.29 is 9.59 Å². The van der Waals surface area contributed by atoms with Crippen molar-refractivity contribution >= 4 is 11.8 Å². The Balaban J connectivity index is 1.59. The zero-order valence-corrected chi connectivity index (χ0v) is 10.3. The van der Waals surface area contributed by atoms with Gasteiger partial charge in [-0.1, -0.05) is 0 Å². The van der Waals surface area contributed by atoms with Crippen LogP contribution in [0.5, 0.6) is 0 Å². The van der Waals surface area contributed by atoms with Crippen molar-refractivity contribution in [3.8, 4) is 0 Å². The van der Waals surface area contributed by atoms with Gasteiger partial charge in [0.25, 0.3) is 0 Å². The molecule has 2 fully saturated rings. The van der Waals surface area contributed by atoms with Crippen LogP contribution in [0.25, 0.3) is 0 Å². The van der Waals surface area contributed by atoms with Gasteiger partial charge in [0.05, 0.1) is 0 Å². The van der Waals surface area contributed by atoms with Crippen molar-refractivity contribution in [2.24, 2.45) is 0 Å². The first-order valence-electron chi connectivity index (χ1n) is 6.53. The molecule has 17 heavy (non-hydrogen) atoms. The van der Waals surface area contributed by atoms with Crippen LogP contribution in [0.2, 0.25) is 0 Å². The van der Waals surface area contributed by atoms with E-state index in [4.69, 9.17) is 0 Å². The van der Waals surface area contributed by atoms with E-state index in [-0.39, 0.29) is 11.8 Å². The minimum absolute atomic E-state index is 0.0113. The summed E-state index contributed by atoms with van der Waals surface area (Å²) in [6.45, 7) is 6.07. The quantitative estimate of drug-likeness (QED) is 0.534. The minimum atomic E-state index is 0.0113. The van der Waals surface area contributed by atoms with Gasteiger partial charge in [0, 0.05) is 45.6 Å². The van der Waals surface area contributed by atoms with Gasteiger partial charge in [-0.3, -0.25) is 14.5 Å². The molecule has 0 spiro atoms. The van der Waals surface area contributed by atoms with E-state index in [0.29, 0.717) is 19.4 Å². The third kappa shape index (κ3) is 3.51. The summed E-state index contributed by atoms with van der Waals surface area (Å²) in [6.07, 6.45) is 2.83. The average Bonchev–Trinajstić information content (AvgIpc) is 2.67. The summed E-state index contributed by atoms with van der Waals surface area (Å²) >= 11 is 0. The van der Waals surface area contributed by atoms with E-state index in [1.165, 1.54) is 4.90 Å². The number of imide groups is 1. The number of carbonyl (C=O) groups is 2. The van der Waals surface area contributed by atoms with E-state index in [9.17, 15) is 9.59 Å². The number of rotatable bonds is 5. The number of nitrogens with one attached hydrogen (secondary N) is 1. The van der Waals surface area contributed by atoms with E-state index in [1.807, 2.05) is 0 Å². The molecule has 0 bridgehead atoms. The molecule has 5 nitrogen and oxygen atoms in total. The van der Waals surface area contributed by atoms with Crippen LogP contribution >= 0.6 is 0 Å². The summed E-state index contributed by atoms with van der Waals surface area (Å²) < 4.78 is 0. The van der Waals surface area contributed by atoms with Gasteiger partial charge in [-0.05, 0) is 19.4 Å². The second-order valence-electron chi connectivity index (χ2n) is 4.74. The molecule has 2 saturated heterocycles. The number of carbonyl (C=O) groups excluding carboxylic acids is 2. The molecule has 5 heteroatoms. The smallest absolute Gasteiger partial charge is 0.229 e. The Hall–Kier alpha value is -0.940. The van der Waals surface area contributed by atoms with E-state index in [1.54, 1.807) is 0 Å². The molecule has 0 atom stereocenters. The van der Waals surface area contributed by atoms with Crippen LogP contribution in [-0.2, 0) is 9.59 Å². The monoisotopic (exact) mass is 239 g/mol. The predicted octanol–water partition coefficient (Wildman–Crippen LogP) is -0.179. The molecule has 0 unspecified atom stereocenters. The molecule has 1 N–H and O–H groups in total. The lowest BCUT2D eigenvalue weighted by Gasteiger charge is -2.27. The second-order valence-corrected chi connectivity index (χ2v) is 4.74. The van der Waals surface area contributed by atoms with Crippen molar-refractivity contribution in [1.29, 1.82) is 0 Å². The van der Waals surface area contributed by atoms with Crippen molar-refractivity contribution in [1.82, 2.24) is 15.1 Å². The topological polar surface area (TPSA) is 52.7 Å². The van der Waals surface area contributed by atoms with Crippen LogP contribution in [0.15, 0.2) is 0 Å². The number of likely N-dealkylation sites (tertiary alicyclic amines) is 1. The molecule has 2 amide bonds. The van der Waals surface area contributed by atoms with Crippen LogP contribution in [0.4, 0.5) is 0 Å². The van der Waals surface area contributed by atoms with E-state index in [0.717, 1.165) is 45.6 Å². The molecule has 0 aromatic rings. The van der Waals surface area contributed by atoms with Crippen molar-refractivity contribution in [2.75, 3.05) is 39.3 Å². The number of amides is 2. The van der Waals surface area contributed by atoms with E-state index < -0.39 is 0 Å². The van der Waals surface area contributed by atoms with Crippen LogP contribution in [-0.4, -0.2) is 60.9 Å². The normalized spacial score (nSPS) is 22.5. The van der Waals surface area contributed by atoms with Crippen LogP contribution in [0.1, 0.15) is 25.7 Å². The number of hydrogen-bond acceptors (Lipinski definition) is 4. The van der Waals surface area contributed by atoms with Crippen molar-refractivity contribution in [2.45, 2.75) is 25.7 Å². The van der Waals surface area contributed by atoms with Gasteiger partial charge in [-0.15, -0.1) is 0 Å². The maximum absolute atomic E-state index is 11.4. The molecule has 2 heterocycles. The Morgan fingerprint density at radius 2 is 1.53 bits per heavy atom. The summed E-state index contributed by atoms with van der Waals surface area (Å²) in [4.78, 5) is 26.6. The highest BCUT2D eigenvalue weighted by molar-refractivity contribution is 6.01. The first kappa shape index (κ1) is 12.5. The Morgan fingerprint density at radius 3 is 2.18 bits per heavy atom. The first-order valence-corrected chi connectivity index (χ1v) is 6.53. The van der Waals surface area contributed by atoms with Gasteiger partial charge >= 0.3 is 0 Å². The zero-order valence-electron chi connectivity index (χ0n) is 10.3. The van der Waals surface area contributed by atoms with Crippen molar-refractivity contribution in [3.05, 3.63) is 0 Å². The average molecular weight is 239 g/mol. The molecule has 0 aliphatic carbocycles. The van der Waals surface area contributed by atoms with Crippen LogP contribution < -0.4 is 5.32 Å². The highest BCUT2D eigenvalue weighted by atomic mass is 16.2. The van der Waals surface area contributed by atoms with Gasteiger partial charge in [-0.2, -0.15) is 0 Å². The highest BCUT2D eigenvalue weighted by Crippen LogP contribution is 2.12. The Kier molecular flexibility index (Phi) is 4.50. The van der Waals surface area contributed by atoms with E-state index in [2.05, 4.69) is 10.2 Å². The zero-order chi connectivity index (χ0) is 12.1. The van der Waals surface area contributed by atoms with Crippen molar-refractivity contribution in [3.63, 3.8) is 0 Å². The number of unbranched alkanes of at least 4 members (excludes halogenated alkanes) is 1. The maximum Gasteiger partial charge on any atom is 0.229 e. The Labute approximate surface area is 102 Å². The standard InChI is InChI=1S/C12H21N3O2/c16-11-3-4-12(17)15(11)8-2-1-7-14-9-5-13-6-10-14/h13H,1-10H2. The first-order chi connectivity index (χ1) is 8.27. The number of hydrogen-bond donors (Lipinski definition) is 1. The lowest BCUT2D eigenvalue weighted by atomic mass is 10.2. The summed E-state index contributed by atoms with van der Waals surface area (Å²) in [7, 11) is 0. The van der Waals surface area contributed by atoms with Crippen LogP contribution in [0, 0.1) is 0 Å². The molecule has 96 valence electrons. The molecule has 0 aromatic carbocycles. The SMILES string of the molecule is O=C1CCC(=O)N1CCCCN1CCNCC1.